The van der Waals surface area contributed by atoms with E-state index < -0.39 is 5.60 Å². The number of aromatic nitrogens is 3. The SMILES string of the molecule is Cc1nc(-c2ccccn2)nc(N2CCCC(CN(C)C(=O)OC(C)(C)C)C2)c1C. The maximum absolute atomic E-state index is 12.3. The third kappa shape index (κ3) is 5.46. The Kier molecular flexibility index (Phi) is 6.58. The number of aryl methyl sites for hydroxylation is 1. The average Bonchev–Trinajstić information content (AvgIpc) is 2.69. The highest BCUT2D eigenvalue weighted by atomic mass is 16.6. The Bertz CT molecular complexity index is 879. The minimum absolute atomic E-state index is 0.272. The van der Waals surface area contributed by atoms with Gasteiger partial charge >= 0.3 is 6.09 Å². The Morgan fingerprint density at radius 3 is 2.70 bits per heavy atom. The number of carbonyl (C=O) groups excluding carboxylic acids is 1. The van der Waals surface area contributed by atoms with Gasteiger partial charge in [-0.15, -0.1) is 0 Å². The molecule has 7 nitrogen and oxygen atoms in total. The van der Waals surface area contributed by atoms with Crippen LogP contribution >= 0.6 is 0 Å². The van der Waals surface area contributed by atoms with Crippen molar-refractivity contribution in [1.29, 1.82) is 0 Å². The number of piperidine rings is 1. The van der Waals surface area contributed by atoms with E-state index >= 15 is 0 Å². The van der Waals surface area contributed by atoms with Crippen LogP contribution in [0.15, 0.2) is 24.4 Å². The number of nitrogens with zero attached hydrogens (tertiary/aromatic N) is 5. The molecule has 1 fully saturated rings. The summed E-state index contributed by atoms with van der Waals surface area (Å²) < 4.78 is 5.50. The molecular weight excluding hydrogens is 378 g/mol. The second-order valence-electron chi connectivity index (χ2n) is 9.11. The predicted molar refractivity (Wildman–Crippen MR) is 119 cm³/mol. The quantitative estimate of drug-likeness (QED) is 0.749. The lowest BCUT2D eigenvalue weighted by Gasteiger charge is -2.36. The number of carbonyl (C=O) groups is 1. The van der Waals surface area contributed by atoms with Crippen LogP contribution in [-0.4, -0.2) is 58.2 Å². The van der Waals surface area contributed by atoms with Gasteiger partial charge in [0.2, 0.25) is 0 Å². The van der Waals surface area contributed by atoms with Crippen molar-refractivity contribution in [2.45, 2.75) is 53.1 Å². The fourth-order valence-corrected chi connectivity index (χ4v) is 3.74. The molecule has 2 aromatic rings. The molecule has 3 heterocycles. The fourth-order valence-electron chi connectivity index (χ4n) is 3.74. The van der Waals surface area contributed by atoms with E-state index in [-0.39, 0.29) is 6.09 Å². The number of hydrogen-bond acceptors (Lipinski definition) is 6. The zero-order valence-electron chi connectivity index (χ0n) is 19.0. The van der Waals surface area contributed by atoms with Crippen LogP contribution in [-0.2, 0) is 4.74 Å². The fraction of sp³-hybridized carbons (Fsp3) is 0.565. The highest BCUT2D eigenvalue weighted by molar-refractivity contribution is 5.67. The van der Waals surface area contributed by atoms with Crippen LogP contribution in [0.5, 0.6) is 0 Å². The standard InChI is InChI=1S/C23H33N5O2/c1-16-17(2)25-20(19-11-7-8-12-24-19)26-21(16)28-13-9-10-18(15-28)14-27(6)22(29)30-23(3,4)5/h7-8,11-12,18H,9-10,13-15H2,1-6H3. The Morgan fingerprint density at radius 1 is 1.27 bits per heavy atom. The summed E-state index contributed by atoms with van der Waals surface area (Å²) in [5, 5.41) is 0. The summed E-state index contributed by atoms with van der Waals surface area (Å²) in [4.78, 5) is 30.3. The van der Waals surface area contributed by atoms with Crippen molar-refractivity contribution in [1.82, 2.24) is 19.9 Å². The molecule has 1 aliphatic heterocycles. The van der Waals surface area contributed by atoms with Gasteiger partial charge in [-0.3, -0.25) is 4.98 Å². The van der Waals surface area contributed by atoms with E-state index in [9.17, 15) is 4.79 Å². The van der Waals surface area contributed by atoms with Gasteiger partial charge in [-0.25, -0.2) is 14.8 Å². The summed E-state index contributed by atoms with van der Waals surface area (Å²) in [6, 6.07) is 5.77. The lowest BCUT2D eigenvalue weighted by atomic mass is 9.97. The van der Waals surface area contributed by atoms with Crippen molar-refractivity contribution in [3.63, 3.8) is 0 Å². The summed E-state index contributed by atoms with van der Waals surface area (Å²) in [6.45, 7) is 12.2. The smallest absolute Gasteiger partial charge is 0.410 e. The largest absolute Gasteiger partial charge is 0.444 e. The normalized spacial score (nSPS) is 17.0. The number of hydrogen-bond donors (Lipinski definition) is 0. The van der Waals surface area contributed by atoms with E-state index in [1.54, 1.807) is 11.1 Å². The monoisotopic (exact) mass is 411 g/mol. The Labute approximate surface area is 179 Å². The Balaban J connectivity index is 1.75. The lowest BCUT2D eigenvalue weighted by Crippen LogP contribution is -2.43. The molecule has 3 rings (SSSR count). The maximum Gasteiger partial charge on any atom is 0.410 e. The minimum Gasteiger partial charge on any atom is -0.444 e. The van der Waals surface area contributed by atoms with Crippen LogP contribution in [0.3, 0.4) is 0 Å². The highest BCUT2D eigenvalue weighted by Crippen LogP contribution is 2.28. The van der Waals surface area contributed by atoms with E-state index in [1.165, 1.54) is 0 Å². The van der Waals surface area contributed by atoms with Gasteiger partial charge in [0, 0.05) is 44.1 Å². The van der Waals surface area contributed by atoms with Crippen molar-refractivity contribution < 1.29 is 9.53 Å². The van der Waals surface area contributed by atoms with Crippen molar-refractivity contribution in [2.75, 3.05) is 31.6 Å². The zero-order valence-corrected chi connectivity index (χ0v) is 19.0. The van der Waals surface area contributed by atoms with Crippen LogP contribution in [0.2, 0.25) is 0 Å². The molecule has 7 heteroatoms. The van der Waals surface area contributed by atoms with Crippen molar-refractivity contribution in [3.05, 3.63) is 35.7 Å². The second-order valence-corrected chi connectivity index (χ2v) is 9.11. The molecule has 0 saturated carbocycles. The van der Waals surface area contributed by atoms with Gasteiger partial charge in [-0.2, -0.15) is 0 Å². The van der Waals surface area contributed by atoms with Crippen LogP contribution in [0, 0.1) is 19.8 Å². The first-order valence-corrected chi connectivity index (χ1v) is 10.6. The van der Waals surface area contributed by atoms with E-state index in [0.717, 1.165) is 48.7 Å². The van der Waals surface area contributed by atoms with Gasteiger partial charge < -0.3 is 14.5 Å². The molecular formula is C23H33N5O2. The number of pyridine rings is 1. The highest BCUT2D eigenvalue weighted by Gasteiger charge is 2.27. The van der Waals surface area contributed by atoms with Crippen molar-refractivity contribution in [2.24, 2.45) is 5.92 Å². The van der Waals surface area contributed by atoms with E-state index in [0.29, 0.717) is 18.3 Å². The summed E-state index contributed by atoms with van der Waals surface area (Å²) in [5.74, 6) is 1.98. The van der Waals surface area contributed by atoms with Gasteiger partial charge in [0.1, 0.15) is 17.1 Å². The number of amides is 1. The van der Waals surface area contributed by atoms with Gasteiger partial charge in [-0.05, 0) is 65.5 Å². The van der Waals surface area contributed by atoms with Gasteiger partial charge in [0.05, 0.1) is 0 Å². The van der Waals surface area contributed by atoms with E-state index in [1.807, 2.05) is 52.9 Å². The average molecular weight is 412 g/mol. The molecule has 0 N–H and O–H groups in total. The zero-order chi connectivity index (χ0) is 21.9. The maximum atomic E-state index is 12.3. The molecule has 1 unspecified atom stereocenters. The third-order valence-electron chi connectivity index (χ3n) is 5.31. The van der Waals surface area contributed by atoms with Gasteiger partial charge in [0.25, 0.3) is 0 Å². The van der Waals surface area contributed by atoms with Gasteiger partial charge in [-0.1, -0.05) is 6.07 Å². The van der Waals surface area contributed by atoms with E-state index in [2.05, 4.69) is 21.8 Å². The number of rotatable bonds is 4. The second kappa shape index (κ2) is 8.98. The van der Waals surface area contributed by atoms with E-state index in [4.69, 9.17) is 9.72 Å². The minimum atomic E-state index is -0.485. The van der Waals surface area contributed by atoms with Crippen LogP contribution in [0.4, 0.5) is 10.6 Å². The molecule has 2 aromatic heterocycles. The Morgan fingerprint density at radius 2 is 2.03 bits per heavy atom. The molecule has 1 aliphatic rings. The first-order chi connectivity index (χ1) is 14.1. The molecule has 0 bridgehead atoms. The topological polar surface area (TPSA) is 71.5 Å². The molecule has 0 radical (unpaired) electrons. The molecule has 1 atom stereocenters. The number of ether oxygens (including phenoxy) is 1. The lowest BCUT2D eigenvalue weighted by molar-refractivity contribution is 0.0269. The third-order valence-corrected chi connectivity index (χ3v) is 5.31. The molecule has 0 aromatic carbocycles. The molecule has 1 saturated heterocycles. The van der Waals surface area contributed by atoms with Crippen molar-refractivity contribution >= 4 is 11.9 Å². The van der Waals surface area contributed by atoms with Crippen LogP contribution < -0.4 is 4.90 Å². The molecule has 0 aliphatic carbocycles. The molecule has 1 amide bonds. The summed E-state index contributed by atoms with van der Waals surface area (Å²) >= 11 is 0. The predicted octanol–water partition coefficient (Wildman–Crippen LogP) is 4.24. The molecule has 162 valence electrons. The molecule has 0 spiro atoms. The van der Waals surface area contributed by atoms with Crippen molar-refractivity contribution in [3.8, 4) is 11.5 Å². The summed E-state index contributed by atoms with van der Waals surface area (Å²) in [7, 11) is 1.81. The summed E-state index contributed by atoms with van der Waals surface area (Å²) in [5.41, 5.74) is 2.35. The Hall–Kier alpha value is -2.70. The molecule has 30 heavy (non-hydrogen) atoms. The first-order valence-electron chi connectivity index (χ1n) is 10.6. The van der Waals surface area contributed by atoms with Crippen LogP contribution in [0.25, 0.3) is 11.5 Å². The first kappa shape index (κ1) is 22.0. The number of anilines is 1. The van der Waals surface area contributed by atoms with Crippen LogP contribution in [0.1, 0.15) is 44.9 Å². The van der Waals surface area contributed by atoms with Gasteiger partial charge in [0.15, 0.2) is 5.82 Å². The summed E-state index contributed by atoms with van der Waals surface area (Å²) in [6.07, 6.45) is 3.64.